The van der Waals surface area contributed by atoms with E-state index in [4.69, 9.17) is 4.98 Å². The van der Waals surface area contributed by atoms with Crippen LogP contribution in [0, 0.1) is 0 Å². The number of imidazole rings is 1. The molecule has 3 heterocycles. The van der Waals surface area contributed by atoms with Gasteiger partial charge in [-0.1, -0.05) is 74.7 Å². The van der Waals surface area contributed by atoms with E-state index in [0.717, 1.165) is 57.2 Å². The lowest BCUT2D eigenvalue weighted by molar-refractivity contribution is 0.420. The van der Waals surface area contributed by atoms with Gasteiger partial charge in [-0.2, -0.15) is 10.3 Å². The fourth-order valence-corrected chi connectivity index (χ4v) is 5.97. The molecule has 0 unspecified atom stereocenters. The lowest BCUT2D eigenvalue weighted by Crippen LogP contribution is -2.17. The van der Waals surface area contributed by atoms with Gasteiger partial charge in [0.2, 0.25) is 5.82 Å². The molecule has 0 saturated heterocycles. The SMILES string of the molecule is CCSc1n[nH]c(=O)c2c1nc(C1CCCCC1)n2Cc1ccc(-c2ccccc2-c2nn[nH]n2)cc1. The number of hydrogen-bond donors (Lipinski definition) is 2. The van der Waals surface area contributed by atoms with Gasteiger partial charge in [0.15, 0.2) is 0 Å². The van der Waals surface area contributed by atoms with Gasteiger partial charge in [-0.15, -0.1) is 22.0 Å². The zero-order valence-corrected chi connectivity index (χ0v) is 21.5. The van der Waals surface area contributed by atoms with Crippen molar-refractivity contribution in [1.29, 1.82) is 0 Å². The van der Waals surface area contributed by atoms with Crippen molar-refractivity contribution in [2.45, 2.75) is 56.5 Å². The number of aromatic amines is 2. The van der Waals surface area contributed by atoms with Crippen molar-refractivity contribution >= 4 is 22.8 Å². The predicted octanol–water partition coefficient (Wildman–Crippen LogP) is 5.17. The third kappa shape index (κ3) is 4.57. The molecule has 5 aromatic rings. The summed E-state index contributed by atoms with van der Waals surface area (Å²) in [5, 5.41) is 22.4. The zero-order chi connectivity index (χ0) is 25.2. The summed E-state index contributed by atoms with van der Waals surface area (Å²) in [7, 11) is 0. The summed E-state index contributed by atoms with van der Waals surface area (Å²) in [6.45, 7) is 2.67. The number of nitrogens with one attached hydrogen (secondary N) is 2. The third-order valence-electron chi connectivity index (χ3n) is 7.04. The van der Waals surface area contributed by atoms with E-state index in [1.54, 1.807) is 11.8 Å². The Balaban J connectivity index is 1.39. The molecular weight excluding hydrogens is 484 g/mol. The highest BCUT2D eigenvalue weighted by Gasteiger charge is 2.25. The topological polar surface area (TPSA) is 118 Å². The normalized spacial score (nSPS) is 14.4. The van der Waals surface area contributed by atoms with Gasteiger partial charge in [0.1, 0.15) is 21.9 Å². The number of tetrazole rings is 1. The number of aromatic nitrogens is 8. The van der Waals surface area contributed by atoms with Gasteiger partial charge in [-0.3, -0.25) is 4.79 Å². The summed E-state index contributed by atoms with van der Waals surface area (Å²) < 4.78 is 2.13. The Morgan fingerprint density at radius 3 is 2.51 bits per heavy atom. The lowest BCUT2D eigenvalue weighted by Gasteiger charge is -2.22. The Morgan fingerprint density at radius 2 is 1.78 bits per heavy atom. The van der Waals surface area contributed by atoms with Crippen molar-refractivity contribution in [2.75, 3.05) is 5.75 Å². The van der Waals surface area contributed by atoms with E-state index < -0.39 is 0 Å². The molecule has 188 valence electrons. The van der Waals surface area contributed by atoms with Crippen LogP contribution in [0.25, 0.3) is 33.5 Å². The van der Waals surface area contributed by atoms with E-state index in [1.807, 2.05) is 18.2 Å². The van der Waals surface area contributed by atoms with Crippen LogP contribution in [-0.4, -0.2) is 46.1 Å². The lowest BCUT2D eigenvalue weighted by atomic mass is 9.88. The average Bonchev–Trinajstić information content (AvgIpc) is 3.61. The number of nitrogens with zero attached hydrogens (tertiary/aromatic N) is 6. The minimum absolute atomic E-state index is 0.185. The van der Waals surface area contributed by atoms with Gasteiger partial charge in [0.25, 0.3) is 5.56 Å². The van der Waals surface area contributed by atoms with Crippen molar-refractivity contribution in [2.24, 2.45) is 0 Å². The summed E-state index contributed by atoms with van der Waals surface area (Å²) in [4.78, 5) is 18.1. The Kier molecular flexibility index (Phi) is 6.57. The summed E-state index contributed by atoms with van der Waals surface area (Å²) >= 11 is 1.61. The van der Waals surface area contributed by atoms with Crippen LogP contribution in [0.15, 0.2) is 58.4 Å². The van der Waals surface area contributed by atoms with Crippen molar-refractivity contribution < 1.29 is 0 Å². The molecule has 1 aliphatic carbocycles. The minimum atomic E-state index is -0.185. The van der Waals surface area contributed by atoms with Crippen LogP contribution in [0.1, 0.15) is 56.3 Å². The van der Waals surface area contributed by atoms with Gasteiger partial charge < -0.3 is 4.57 Å². The molecule has 10 heteroatoms. The molecule has 2 aromatic carbocycles. The highest BCUT2D eigenvalue weighted by Crippen LogP contribution is 2.35. The summed E-state index contributed by atoms with van der Waals surface area (Å²) in [6.07, 6.45) is 5.89. The molecule has 0 spiro atoms. The minimum Gasteiger partial charge on any atom is -0.319 e. The fraction of sp³-hybridized carbons (Fsp3) is 0.333. The molecule has 0 bridgehead atoms. The smallest absolute Gasteiger partial charge is 0.290 e. The number of hydrogen-bond acceptors (Lipinski definition) is 7. The number of thioether (sulfide) groups is 1. The molecule has 0 aliphatic heterocycles. The summed E-state index contributed by atoms with van der Waals surface area (Å²) in [6, 6.07) is 16.5. The van der Waals surface area contributed by atoms with E-state index in [2.05, 4.69) is 72.6 Å². The number of fused-ring (bicyclic) bond motifs is 1. The Labute approximate surface area is 218 Å². The summed E-state index contributed by atoms with van der Waals surface area (Å²) in [5.41, 5.74) is 5.30. The van der Waals surface area contributed by atoms with Gasteiger partial charge >= 0.3 is 0 Å². The van der Waals surface area contributed by atoms with E-state index in [1.165, 1.54) is 19.3 Å². The second-order valence-corrected chi connectivity index (χ2v) is 10.6. The van der Waals surface area contributed by atoms with Gasteiger partial charge in [0, 0.05) is 18.0 Å². The second kappa shape index (κ2) is 10.3. The van der Waals surface area contributed by atoms with Crippen molar-refractivity contribution in [1.82, 2.24) is 40.4 Å². The standard InChI is InChI=1S/C27H28N8OS/c1-2-37-27-22-23(26(36)31-32-27)35(25(28-22)19-8-4-3-5-9-19)16-17-12-14-18(15-13-17)20-10-6-7-11-21(20)24-29-33-34-30-24/h6-7,10-15,19H,2-5,8-9,16H2,1H3,(H,31,36)(H,29,30,33,34). The molecule has 37 heavy (non-hydrogen) atoms. The van der Waals surface area contributed by atoms with Crippen LogP contribution < -0.4 is 5.56 Å². The van der Waals surface area contributed by atoms with Crippen LogP contribution in [0.5, 0.6) is 0 Å². The van der Waals surface area contributed by atoms with E-state index in [-0.39, 0.29) is 5.56 Å². The fourth-order valence-electron chi connectivity index (χ4n) is 5.30. The third-order valence-corrected chi connectivity index (χ3v) is 7.89. The molecule has 0 amide bonds. The molecule has 1 aliphatic rings. The van der Waals surface area contributed by atoms with Crippen LogP contribution >= 0.6 is 11.8 Å². The monoisotopic (exact) mass is 512 g/mol. The number of benzene rings is 2. The van der Waals surface area contributed by atoms with Crippen molar-refractivity contribution in [3.63, 3.8) is 0 Å². The van der Waals surface area contributed by atoms with Crippen molar-refractivity contribution in [3.8, 4) is 22.5 Å². The molecular formula is C27H28N8OS. The summed E-state index contributed by atoms with van der Waals surface area (Å²) in [5.74, 6) is 2.81. The molecule has 6 rings (SSSR count). The molecule has 9 nitrogen and oxygen atoms in total. The molecule has 0 atom stereocenters. The maximum absolute atomic E-state index is 13.0. The van der Waals surface area contributed by atoms with Crippen LogP contribution in [0.4, 0.5) is 0 Å². The molecule has 3 aromatic heterocycles. The Morgan fingerprint density at radius 1 is 1.00 bits per heavy atom. The van der Waals surface area contributed by atoms with Gasteiger partial charge in [-0.05, 0) is 40.5 Å². The number of rotatable bonds is 7. The first-order chi connectivity index (χ1) is 18.2. The molecule has 1 fully saturated rings. The highest BCUT2D eigenvalue weighted by atomic mass is 32.2. The Bertz CT molecular complexity index is 1570. The van der Waals surface area contributed by atoms with E-state index >= 15 is 0 Å². The maximum atomic E-state index is 13.0. The van der Waals surface area contributed by atoms with Gasteiger partial charge in [-0.25, -0.2) is 10.1 Å². The quantitative estimate of drug-likeness (QED) is 0.289. The predicted molar refractivity (Wildman–Crippen MR) is 145 cm³/mol. The van der Waals surface area contributed by atoms with Crippen LogP contribution in [0.2, 0.25) is 0 Å². The van der Waals surface area contributed by atoms with Crippen LogP contribution in [0.3, 0.4) is 0 Å². The van der Waals surface area contributed by atoms with Crippen molar-refractivity contribution in [3.05, 3.63) is 70.3 Å². The molecule has 2 N–H and O–H groups in total. The van der Waals surface area contributed by atoms with E-state index in [9.17, 15) is 4.79 Å². The van der Waals surface area contributed by atoms with E-state index in [0.29, 0.717) is 23.8 Å². The largest absolute Gasteiger partial charge is 0.319 e. The molecule has 1 saturated carbocycles. The number of H-pyrrole nitrogens is 2. The first-order valence-corrected chi connectivity index (χ1v) is 13.7. The first-order valence-electron chi connectivity index (χ1n) is 12.8. The maximum Gasteiger partial charge on any atom is 0.290 e. The second-order valence-electron chi connectivity index (χ2n) is 9.36. The Hall–Kier alpha value is -3.79. The highest BCUT2D eigenvalue weighted by molar-refractivity contribution is 7.99. The first kappa shape index (κ1) is 23.6. The van der Waals surface area contributed by atoms with Crippen LogP contribution in [-0.2, 0) is 6.54 Å². The zero-order valence-electron chi connectivity index (χ0n) is 20.6. The molecule has 0 radical (unpaired) electrons. The average molecular weight is 513 g/mol. The van der Waals surface area contributed by atoms with Gasteiger partial charge in [0.05, 0.1) is 0 Å².